The van der Waals surface area contributed by atoms with E-state index in [0.29, 0.717) is 5.56 Å². The van der Waals surface area contributed by atoms with Crippen LogP contribution in [-0.2, 0) is 19.7 Å². The number of ketones is 1. The second kappa shape index (κ2) is 6.16. The molecule has 0 heterocycles. The fourth-order valence-corrected chi connectivity index (χ4v) is 2.21. The lowest BCUT2D eigenvalue weighted by atomic mass is 9.73. The van der Waals surface area contributed by atoms with Crippen molar-refractivity contribution in [3.8, 4) is 0 Å². The van der Waals surface area contributed by atoms with Crippen LogP contribution in [0.25, 0.3) is 0 Å². The van der Waals surface area contributed by atoms with Crippen LogP contribution >= 0.6 is 0 Å². The molecule has 1 atom stereocenters. The van der Waals surface area contributed by atoms with Crippen molar-refractivity contribution in [1.82, 2.24) is 0 Å². The molecule has 110 valence electrons. The first-order valence-electron chi connectivity index (χ1n) is 6.60. The summed E-state index contributed by atoms with van der Waals surface area (Å²) < 4.78 is 17.7. The number of Topliss-reactive ketones (excluding diaryl/α,β-unsaturated/α-hetero) is 1. The third-order valence-electron chi connectivity index (χ3n) is 3.59. The Kier molecular flexibility index (Phi) is 5.03. The van der Waals surface area contributed by atoms with Crippen LogP contribution in [0.2, 0.25) is 0 Å². The van der Waals surface area contributed by atoms with Gasteiger partial charge >= 0.3 is 5.97 Å². The lowest BCUT2D eigenvalue weighted by Crippen LogP contribution is -2.41. The number of benzene rings is 1. The molecule has 0 saturated heterocycles. The van der Waals surface area contributed by atoms with Crippen LogP contribution in [0.3, 0.4) is 0 Å². The zero-order valence-electron chi connectivity index (χ0n) is 12.6. The van der Waals surface area contributed by atoms with Crippen molar-refractivity contribution in [3.63, 3.8) is 0 Å². The molecule has 0 aliphatic heterocycles. The summed E-state index contributed by atoms with van der Waals surface area (Å²) in [7, 11) is 1.27. The smallest absolute Gasteiger partial charge is 0.316 e. The third-order valence-corrected chi connectivity index (χ3v) is 3.59. The minimum Gasteiger partial charge on any atom is -0.468 e. The highest BCUT2D eigenvalue weighted by Crippen LogP contribution is 2.30. The van der Waals surface area contributed by atoms with Gasteiger partial charge in [-0.2, -0.15) is 0 Å². The molecule has 0 bridgehead atoms. The number of ether oxygens (including phenoxy) is 1. The lowest BCUT2D eigenvalue weighted by molar-refractivity contribution is -0.152. The fraction of sp³-hybridized carbons (Fsp3) is 0.500. The first kappa shape index (κ1) is 16.3. The van der Waals surface area contributed by atoms with Crippen molar-refractivity contribution in [2.45, 2.75) is 33.1 Å². The highest BCUT2D eigenvalue weighted by molar-refractivity contribution is 6.04. The first-order valence-corrected chi connectivity index (χ1v) is 6.60. The molecular weight excluding hydrogens is 259 g/mol. The Bertz CT molecular complexity index is 489. The van der Waals surface area contributed by atoms with Gasteiger partial charge in [-0.15, -0.1) is 0 Å². The molecule has 0 aliphatic rings. The molecule has 0 spiro atoms. The van der Waals surface area contributed by atoms with E-state index in [2.05, 4.69) is 0 Å². The van der Waals surface area contributed by atoms with E-state index in [1.165, 1.54) is 19.2 Å². The molecule has 3 nitrogen and oxygen atoms in total. The largest absolute Gasteiger partial charge is 0.468 e. The predicted molar refractivity (Wildman–Crippen MR) is 74.8 cm³/mol. The summed E-state index contributed by atoms with van der Waals surface area (Å²) in [6, 6.07) is 5.77. The van der Waals surface area contributed by atoms with Crippen molar-refractivity contribution in [3.05, 3.63) is 35.6 Å². The van der Waals surface area contributed by atoms with Crippen LogP contribution in [0, 0.1) is 17.7 Å². The van der Waals surface area contributed by atoms with E-state index in [9.17, 15) is 14.0 Å². The van der Waals surface area contributed by atoms with Gasteiger partial charge < -0.3 is 4.74 Å². The first-order chi connectivity index (χ1) is 9.21. The highest BCUT2D eigenvalue weighted by Gasteiger charge is 2.40. The molecule has 0 saturated carbocycles. The number of carbonyl (C=O) groups is 2. The molecular formula is C16H21FO3. The maximum Gasteiger partial charge on any atom is 0.316 e. The lowest BCUT2D eigenvalue weighted by Gasteiger charge is -2.29. The van der Waals surface area contributed by atoms with Gasteiger partial charge in [0, 0.05) is 5.41 Å². The number of carbonyl (C=O) groups excluding carboxylic acids is 2. The molecule has 4 heteroatoms. The number of hydrogen-bond donors (Lipinski definition) is 0. The summed E-state index contributed by atoms with van der Waals surface area (Å²) in [5.74, 6) is -2.08. The molecule has 0 aromatic heterocycles. The Balaban J connectivity index is 3.15. The van der Waals surface area contributed by atoms with Crippen molar-refractivity contribution in [1.29, 1.82) is 0 Å². The molecule has 0 N–H and O–H groups in total. The SMILES string of the molecule is COC(=O)C(C(=O)C(C)(C)c1ccc(F)cc1)C(C)C. The second-order valence-corrected chi connectivity index (χ2v) is 5.74. The molecule has 1 unspecified atom stereocenters. The van der Waals surface area contributed by atoms with Gasteiger partial charge in [0.05, 0.1) is 7.11 Å². The molecule has 0 aliphatic carbocycles. The predicted octanol–water partition coefficient (Wildman–Crippen LogP) is 3.12. The van der Waals surface area contributed by atoms with Crippen molar-refractivity contribution in [2.24, 2.45) is 11.8 Å². The maximum atomic E-state index is 13.0. The van der Waals surface area contributed by atoms with Crippen LogP contribution < -0.4 is 0 Å². The summed E-state index contributed by atoms with van der Waals surface area (Å²) in [5.41, 5.74) is -0.199. The molecule has 20 heavy (non-hydrogen) atoms. The number of methoxy groups -OCH3 is 1. The van der Waals surface area contributed by atoms with Gasteiger partial charge in [-0.1, -0.05) is 26.0 Å². The standard InChI is InChI=1S/C16H21FO3/c1-10(2)13(15(19)20-5)14(18)16(3,4)11-6-8-12(17)9-7-11/h6-10,13H,1-5H3. The van der Waals surface area contributed by atoms with Crippen molar-refractivity contribution >= 4 is 11.8 Å². The van der Waals surface area contributed by atoms with E-state index < -0.39 is 17.3 Å². The summed E-state index contributed by atoms with van der Waals surface area (Å²) >= 11 is 0. The zero-order valence-corrected chi connectivity index (χ0v) is 12.6. The normalized spacial score (nSPS) is 13.2. The Labute approximate surface area is 119 Å². The van der Waals surface area contributed by atoms with Gasteiger partial charge in [-0.25, -0.2) is 4.39 Å². The Morgan fingerprint density at radius 3 is 2.05 bits per heavy atom. The molecule has 1 aromatic rings. The van der Waals surface area contributed by atoms with Crippen LogP contribution in [0.15, 0.2) is 24.3 Å². The minimum absolute atomic E-state index is 0.158. The highest BCUT2D eigenvalue weighted by atomic mass is 19.1. The molecule has 1 aromatic carbocycles. The quantitative estimate of drug-likeness (QED) is 0.615. The number of rotatable bonds is 5. The van der Waals surface area contributed by atoms with Crippen molar-refractivity contribution in [2.75, 3.05) is 7.11 Å². The van der Waals surface area contributed by atoms with Gasteiger partial charge in [0.25, 0.3) is 0 Å². The fourth-order valence-electron chi connectivity index (χ4n) is 2.21. The van der Waals surface area contributed by atoms with E-state index in [1.807, 2.05) is 0 Å². The van der Waals surface area contributed by atoms with Gasteiger partial charge in [-0.05, 0) is 37.5 Å². The van der Waals surface area contributed by atoms with E-state index in [0.717, 1.165) is 0 Å². The minimum atomic E-state index is -0.878. The van der Waals surface area contributed by atoms with E-state index in [-0.39, 0.29) is 17.5 Å². The number of halogens is 1. The van der Waals surface area contributed by atoms with Crippen molar-refractivity contribution < 1.29 is 18.7 Å². The van der Waals surface area contributed by atoms with E-state index in [4.69, 9.17) is 4.74 Å². The average molecular weight is 280 g/mol. The van der Waals surface area contributed by atoms with Crippen LogP contribution in [0.4, 0.5) is 4.39 Å². The summed E-state index contributed by atoms with van der Waals surface area (Å²) in [5, 5.41) is 0. The van der Waals surface area contributed by atoms with Gasteiger partial charge in [-0.3, -0.25) is 9.59 Å². The summed E-state index contributed by atoms with van der Waals surface area (Å²) in [6.45, 7) is 7.09. The Morgan fingerprint density at radius 2 is 1.65 bits per heavy atom. The zero-order chi connectivity index (χ0) is 15.5. The number of esters is 1. The van der Waals surface area contributed by atoms with E-state index in [1.54, 1.807) is 39.8 Å². The summed E-state index contributed by atoms with van der Waals surface area (Å²) in [4.78, 5) is 24.5. The Hall–Kier alpha value is -1.71. The second-order valence-electron chi connectivity index (χ2n) is 5.74. The van der Waals surface area contributed by atoms with Gasteiger partial charge in [0.1, 0.15) is 11.7 Å². The van der Waals surface area contributed by atoms with Gasteiger partial charge in [0.2, 0.25) is 0 Å². The molecule has 0 amide bonds. The topological polar surface area (TPSA) is 43.4 Å². The molecule has 0 fully saturated rings. The van der Waals surface area contributed by atoms with Crippen LogP contribution in [-0.4, -0.2) is 18.9 Å². The summed E-state index contributed by atoms with van der Waals surface area (Å²) in [6.07, 6.45) is 0. The van der Waals surface area contributed by atoms with Crippen LogP contribution in [0.5, 0.6) is 0 Å². The van der Waals surface area contributed by atoms with Gasteiger partial charge in [0.15, 0.2) is 5.78 Å². The monoisotopic (exact) mass is 280 g/mol. The maximum absolute atomic E-state index is 13.0. The third kappa shape index (κ3) is 3.24. The van der Waals surface area contributed by atoms with Crippen LogP contribution in [0.1, 0.15) is 33.3 Å². The molecule has 0 radical (unpaired) electrons. The number of hydrogen-bond acceptors (Lipinski definition) is 3. The Morgan fingerprint density at radius 1 is 1.15 bits per heavy atom. The molecule has 1 rings (SSSR count). The van der Waals surface area contributed by atoms with E-state index >= 15 is 0 Å². The average Bonchev–Trinajstić information content (AvgIpc) is 2.38.